The molecule has 0 saturated heterocycles. The Morgan fingerprint density at radius 3 is 2.85 bits per heavy atom. The molecular weight excluding hydrogens is 164 g/mol. The standard InChI is InChI=1S/C10H18N2O/c1-3-4-10(13)6-5-9-7-11-12(2)8-9/h7-8,10,13H,3-6H2,1-2H3. The molecule has 1 aromatic rings. The second-order valence-corrected chi connectivity index (χ2v) is 3.50. The van der Waals surface area contributed by atoms with Gasteiger partial charge in [0.25, 0.3) is 0 Å². The van der Waals surface area contributed by atoms with E-state index in [1.165, 1.54) is 5.56 Å². The summed E-state index contributed by atoms with van der Waals surface area (Å²) in [6, 6.07) is 0. The summed E-state index contributed by atoms with van der Waals surface area (Å²) in [6.07, 6.45) is 7.44. The van der Waals surface area contributed by atoms with Gasteiger partial charge in [0.2, 0.25) is 0 Å². The Morgan fingerprint density at radius 2 is 2.31 bits per heavy atom. The van der Waals surface area contributed by atoms with Gasteiger partial charge in [-0.3, -0.25) is 4.68 Å². The highest BCUT2D eigenvalue weighted by Gasteiger charge is 2.03. The lowest BCUT2D eigenvalue weighted by Gasteiger charge is -2.06. The third kappa shape index (κ3) is 3.59. The van der Waals surface area contributed by atoms with E-state index in [4.69, 9.17) is 0 Å². The first kappa shape index (κ1) is 10.3. The van der Waals surface area contributed by atoms with Crippen LogP contribution in [0.25, 0.3) is 0 Å². The van der Waals surface area contributed by atoms with E-state index in [0.717, 1.165) is 25.7 Å². The van der Waals surface area contributed by atoms with E-state index < -0.39 is 0 Å². The summed E-state index contributed by atoms with van der Waals surface area (Å²) in [7, 11) is 1.91. The minimum atomic E-state index is -0.148. The number of rotatable bonds is 5. The van der Waals surface area contributed by atoms with Crippen molar-refractivity contribution in [2.75, 3.05) is 0 Å². The molecule has 3 nitrogen and oxygen atoms in total. The van der Waals surface area contributed by atoms with Crippen molar-refractivity contribution < 1.29 is 5.11 Å². The fourth-order valence-electron chi connectivity index (χ4n) is 1.41. The van der Waals surface area contributed by atoms with Gasteiger partial charge < -0.3 is 5.11 Å². The Bertz CT molecular complexity index is 245. The van der Waals surface area contributed by atoms with Gasteiger partial charge in [-0.1, -0.05) is 13.3 Å². The second-order valence-electron chi connectivity index (χ2n) is 3.50. The molecule has 1 N–H and O–H groups in total. The maximum atomic E-state index is 9.49. The van der Waals surface area contributed by atoms with Crippen molar-refractivity contribution in [3.8, 4) is 0 Å². The maximum Gasteiger partial charge on any atom is 0.0543 e. The minimum Gasteiger partial charge on any atom is -0.393 e. The Balaban J connectivity index is 2.26. The molecule has 1 atom stereocenters. The topological polar surface area (TPSA) is 38.1 Å². The Hall–Kier alpha value is -0.830. The molecule has 1 rings (SSSR count). The van der Waals surface area contributed by atoms with Gasteiger partial charge in [-0.25, -0.2) is 0 Å². The van der Waals surface area contributed by atoms with Crippen LogP contribution in [0.3, 0.4) is 0 Å². The first-order valence-electron chi connectivity index (χ1n) is 4.88. The number of hydrogen-bond donors (Lipinski definition) is 1. The van der Waals surface area contributed by atoms with Gasteiger partial charge in [0.05, 0.1) is 12.3 Å². The molecule has 0 fully saturated rings. The SMILES string of the molecule is CCCC(O)CCc1cnn(C)c1. The van der Waals surface area contributed by atoms with Crippen molar-refractivity contribution in [2.45, 2.75) is 38.7 Å². The van der Waals surface area contributed by atoms with Crippen LogP contribution in [0.2, 0.25) is 0 Å². The predicted octanol–water partition coefficient (Wildman–Crippen LogP) is 1.51. The summed E-state index contributed by atoms with van der Waals surface area (Å²) >= 11 is 0. The first-order valence-corrected chi connectivity index (χ1v) is 4.88. The van der Waals surface area contributed by atoms with Gasteiger partial charge in [-0.15, -0.1) is 0 Å². The van der Waals surface area contributed by atoms with Crippen molar-refractivity contribution >= 4 is 0 Å². The van der Waals surface area contributed by atoms with E-state index in [0.29, 0.717) is 0 Å². The largest absolute Gasteiger partial charge is 0.393 e. The number of aliphatic hydroxyl groups excluding tert-OH is 1. The molecule has 1 unspecified atom stereocenters. The summed E-state index contributed by atoms with van der Waals surface area (Å²) < 4.78 is 1.79. The van der Waals surface area contributed by atoms with Gasteiger partial charge >= 0.3 is 0 Å². The third-order valence-electron chi connectivity index (χ3n) is 2.15. The van der Waals surface area contributed by atoms with Gasteiger partial charge in [-0.2, -0.15) is 5.10 Å². The molecule has 0 aromatic carbocycles. The fraction of sp³-hybridized carbons (Fsp3) is 0.700. The van der Waals surface area contributed by atoms with Crippen molar-refractivity contribution in [3.63, 3.8) is 0 Å². The Morgan fingerprint density at radius 1 is 1.54 bits per heavy atom. The molecule has 1 heterocycles. The normalized spacial score (nSPS) is 13.2. The van der Waals surface area contributed by atoms with E-state index in [-0.39, 0.29) is 6.10 Å². The van der Waals surface area contributed by atoms with Gasteiger partial charge in [0, 0.05) is 13.2 Å². The van der Waals surface area contributed by atoms with Gasteiger partial charge in [-0.05, 0) is 24.8 Å². The zero-order valence-corrected chi connectivity index (χ0v) is 8.40. The van der Waals surface area contributed by atoms with Gasteiger partial charge in [0.15, 0.2) is 0 Å². The summed E-state index contributed by atoms with van der Waals surface area (Å²) in [5.74, 6) is 0. The molecule has 0 radical (unpaired) electrons. The summed E-state index contributed by atoms with van der Waals surface area (Å²) in [5.41, 5.74) is 1.21. The summed E-state index contributed by atoms with van der Waals surface area (Å²) in [6.45, 7) is 2.09. The van der Waals surface area contributed by atoms with Crippen LogP contribution in [0.1, 0.15) is 31.7 Å². The zero-order valence-electron chi connectivity index (χ0n) is 8.40. The van der Waals surface area contributed by atoms with E-state index in [1.807, 2.05) is 19.4 Å². The molecule has 0 bridgehead atoms. The zero-order chi connectivity index (χ0) is 9.68. The van der Waals surface area contributed by atoms with Gasteiger partial charge in [0.1, 0.15) is 0 Å². The third-order valence-corrected chi connectivity index (χ3v) is 2.15. The molecule has 0 aliphatic carbocycles. The minimum absolute atomic E-state index is 0.148. The number of hydrogen-bond acceptors (Lipinski definition) is 2. The molecular formula is C10H18N2O. The molecule has 3 heteroatoms. The summed E-state index contributed by atoms with van der Waals surface area (Å²) in [4.78, 5) is 0. The van der Waals surface area contributed by atoms with Crippen molar-refractivity contribution in [1.29, 1.82) is 0 Å². The van der Waals surface area contributed by atoms with E-state index in [2.05, 4.69) is 12.0 Å². The number of aryl methyl sites for hydroxylation is 2. The monoisotopic (exact) mass is 182 g/mol. The average Bonchev–Trinajstić information content (AvgIpc) is 2.49. The lowest BCUT2D eigenvalue weighted by molar-refractivity contribution is 0.154. The smallest absolute Gasteiger partial charge is 0.0543 e. The van der Waals surface area contributed by atoms with Crippen molar-refractivity contribution in [3.05, 3.63) is 18.0 Å². The molecule has 0 saturated carbocycles. The van der Waals surface area contributed by atoms with Crippen LogP contribution in [0.4, 0.5) is 0 Å². The van der Waals surface area contributed by atoms with E-state index in [9.17, 15) is 5.11 Å². The first-order chi connectivity index (χ1) is 6.22. The molecule has 0 amide bonds. The molecule has 0 aliphatic heterocycles. The highest BCUT2D eigenvalue weighted by molar-refractivity contribution is 5.03. The average molecular weight is 182 g/mol. The Kier molecular flexibility index (Phi) is 3.96. The quantitative estimate of drug-likeness (QED) is 0.749. The van der Waals surface area contributed by atoms with Crippen LogP contribution in [0.5, 0.6) is 0 Å². The van der Waals surface area contributed by atoms with Crippen LogP contribution in [0, 0.1) is 0 Å². The van der Waals surface area contributed by atoms with Crippen LogP contribution in [-0.4, -0.2) is 21.0 Å². The molecule has 74 valence electrons. The lowest BCUT2D eigenvalue weighted by atomic mass is 10.1. The number of nitrogens with zero attached hydrogens (tertiary/aromatic N) is 2. The molecule has 0 aliphatic rings. The molecule has 1 aromatic heterocycles. The molecule has 13 heavy (non-hydrogen) atoms. The second kappa shape index (κ2) is 5.02. The van der Waals surface area contributed by atoms with Crippen molar-refractivity contribution in [1.82, 2.24) is 9.78 Å². The number of aromatic nitrogens is 2. The maximum absolute atomic E-state index is 9.49. The highest BCUT2D eigenvalue weighted by atomic mass is 16.3. The van der Waals surface area contributed by atoms with E-state index in [1.54, 1.807) is 4.68 Å². The van der Waals surface area contributed by atoms with Crippen LogP contribution < -0.4 is 0 Å². The molecule has 0 spiro atoms. The predicted molar refractivity (Wildman–Crippen MR) is 52.4 cm³/mol. The van der Waals surface area contributed by atoms with Crippen LogP contribution >= 0.6 is 0 Å². The van der Waals surface area contributed by atoms with Crippen LogP contribution in [0.15, 0.2) is 12.4 Å². The highest BCUT2D eigenvalue weighted by Crippen LogP contribution is 2.07. The van der Waals surface area contributed by atoms with E-state index >= 15 is 0 Å². The Labute approximate surface area is 79.4 Å². The fourth-order valence-corrected chi connectivity index (χ4v) is 1.41. The lowest BCUT2D eigenvalue weighted by Crippen LogP contribution is -2.06. The van der Waals surface area contributed by atoms with Crippen LogP contribution in [-0.2, 0) is 13.5 Å². The number of aliphatic hydroxyl groups is 1. The van der Waals surface area contributed by atoms with Crippen molar-refractivity contribution in [2.24, 2.45) is 7.05 Å². The summed E-state index contributed by atoms with van der Waals surface area (Å²) in [5, 5.41) is 13.6.